The highest BCUT2D eigenvalue weighted by Crippen LogP contribution is 2.21. The van der Waals surface area contributed by atoms with Crippen molar-refractivity contribution in [2.75, 3.05) is 31.9 Å². The van der Waals surface area contributed by atoms with Gasteiger partial charge in [0.15, 0.2) is 5.16 Å². The van der Waals surface area contributed by atoms with E-state index < -0.39 is 0 Å². The van der Waals surface area contributed by atoms with E-state index >= 15 is 0 Å². The van der Waals surface area contributed by atoms with Gasteiger partial charge in [0, 0.05) is 49.9 Å². The van der Waals surface area contributed by atoms with E-state index in [1.54, 1.807) is 17.0 Å². The molecule has 7 nitrogen and oxygen atoms in total. The van der Waals surface area contributed by atoms with Gasteiger partial charge in [-0.05, 0) is 19.1 Å². The van der Waals surface area contributed by atoms with Crippen molar-refractivity contribution in [3.8, 4) is 0 Å². The van der Waals surface area contributed by atoms with Crippen LogP contribution in [-0.2, 0) is 17.9 Å². The first-order valence-corrected chi connectivity index (χ1v) is 10.1. The Kier molecular flexibility index (Phi) is 6.56. The molecule has 0 bridgehead atoms. The number of aromatic amines is 1. The van der Waals surface area contributed by atoms with E-state index in [4.69, 9.17) is 11.6 Å². The monoisotopic (exact) mass is 413 g/mol. The molecule has 1 aromatic heterocycles. The Labute approximate surface area is 165 Å². The summed E-state index contributed by atoms with van der Waals surface area (Å²) in [6.45, 7) is 5.25. The van der Waals surface area contributed by atoms with Crippen molar-refractivity contribution in [1.29, 1.82) is 0 Å². The van der Waals surface area contributed by atoms with Crippen molar-refractivity contribution in [2.45, 2.75) is 25.2 Å². The Morgan fingerprint density at radius 2 is 2.07 bits per heavy atom. The summed E-state index contributed by atoms with van der Waals surface area (Å²) in [5, 5.41) is 7.27. The number of H-pyrrole nitrogens is 1. The minimum atomic E-state index is -0.307. The molecule has 146 valence electrons. The number of carbonyl (C=O) groups is 1. The number of rotatable bonds is 6. The van der Waals surface area contributed by atoms with Gasteiger partial charge in [0.25, 0.3) is 0 Å². The van der Waals surface area contributed by atoms with Gasteiger partial charge in [0.05, 0.1) is 5.75 Å². The fourth-order valence-electron chi connectivity index (χ4n) is 2.97. The SMILES string of the molecule is CCn1c(SCC(=O)N2CCN(Cc3c(F)cccc3Cl)CC2)n[nH]c1=O. The summed E-state index contributed by atoms with van der Waals surface area (Å²) >= 11 is 7.34. The molecule has 0 saturated carbocycles. The van der Waals surface area contributed by atoms with E-state index in [-0.39, 0.29) is 23.2 Å². The molecule has 2 aromatic rings. The molecule has 1 amide bonds. The van der Waals surface area contributed by atoms with Crippen LogP contribution in [-0.4, -0.2) is 62.4 Å². The van der Waals surface area contributed by atoms with Gasteiger partial charge in [0.2, 0.25) is 5.91 Å². The van der Waals surface area contributed by atoms with Crippen molar-refractivity contribution in [1.82, 2.24) is 24.6 Å². The fraction of sp³-hybridized carbons (Fsp3) is 0.471. The van der Waals surface area contributed by atoms with Gasteiger partial charge in [0.1, 0.15) is 5.82 Å². The van der Waals surface area contributed by atoms with Crippen LogP contribution in [0.4, 0.5) is 4.39 Å². The Bertz CT molecular complexity index is 843. The number of amides is 1. The summed E-state index contributed by atoms with van der Waals surface area (Å²) in [5.41, 5.74) is 0.221. The van der Waals surface area contributed by atoms with Crippen LogP contribution in [0.25, 0.3) is 0 Å². The first-order valence-electron chi connectivity index (χ1n) is 8.70. The van der Waals surface area contributed by atoms with Gasteiger partial charge >= 0.3 is 5.69 Å². The Hall–Kier alpha value is -1.84. The summed E-state index contributed by atoms with van der Waals surface area (Å²) in [6.07, 6.45) is 0. The molecular formula is C17H21ClFN5O2S. The van der Waals surface area contributed by atoms with Crippen LogP contribution in [0.5, 0.6) is 0 Å². The third kappa shape index (κ3) is 4.72. The normalized spacial score (nSPS) is 15.3. The van der Waals surface area contributed by atoms with Crippen molar-refractivity contribution in [3.63, 3.8) is 0 Å². The van der Waals surface area contributed by atoms with Gasteiger partial charge in [-0.3, -0.25) is 14.3 Å². The van der Waals surface area contributed by atoms with E-state index in [0.29, 0.717) is 55.0 Å². The molecule has 0 atom stereocenters. The van der Waals surface area contributed by atoms with Crippen molar-refractivity contribution >= 4 is 29.3 Å². The average molecular weight is 414 g/mol. The predicted molar refractivity (Wildman–Crippen MR) is 103 cm³/mol. The van der Waals surface area contributed by atoms with Gasteiger partial charge < -0.3 is 4.90 Å². The smallest absolute Gasteiger partial charge is 0.339 e. The molecule has 1 fully saturated rings. The number of carbonyl (C=O) groups excluding carboxylic acids is 1. The largest absolute Gasteiger partial charge is 0.343 e. The third-order valence-corrected chi connectivity index (χ3v) is 5.85. The van der Waals surface area contributed by atoms with Crippen LogP contribution in [0.15, 0.2) is 28.2 Å². The number of piperazine rings is 1. The van der Waals surface area contributed by atoms with Crippen molar-refractivity contribution < 1.29 is 9.18 Å². The molecule has 1 N–H and O–H groups in total. The number of thioether (sulfide) groups is 1. The summed E-state index contributed by atoms with van der Waals surface area (Å²) < 4.78 is 15.4. The van der Waals surface area contributed by atoms with Crippen LogP contribution in [0.2, 0.25) is 5.02 Å². The second kappa shape index (κ2) is 8.90. The van der Waals surface area contributed by atoms with Crippen LogP contribution < -0.4 is 5.69 Å². The van der Waals surface area contributed by atoms with E-state index in [2.05, 4.69) is 15.1 Å². The molecule has 0 spiro atoms. The lowest BCUT2D eigenvalue weighted by atomic mass is 10.2. The maximum Gasteiger partial charge on any atom is 0.343 e. The number of hydrogen-bond acceptors (Lipinski definition) is 5. The molecule has 27 heavy (non-hydrogen) atoms. The molecule has 1 saturated heterocycles. The van der Waals surface area contributed by atoms with E-state index in [0.717, 1.165) is 0 Å². The summed E-state index contributed by atoms with van der Waals surface area (Å²) in [5.74, 6) is -0.0799. The molecule has 3 rings (SSSR count). The molecule has 0 unspecified atom stereocenters. The number of nitrogens with zero attached hydrogens (tertiary/aromatic N) is 4. The maximum atomic E-state index is 13.9. The van der Waals surface area contributed by atoms with Crippen LogP contribution in [0.3, 0.4) is 0 Å². The number of halogens is 2. The van der Waals surface area contributed by atoms with E-state index in [1.807, 2.05) is 6.92 Å². The molecule has 2 heterocycles. The minimum Gasteiger partial charge on any atom is -0.339 e. The Morgan fingerprint density at radius 1 is 1.33 bits per heavy atom. The highest BCUT2D eigenvalue weighted by Gasteiger charge is 2.23. The number of benzene rings is 1. The molecule has 1 aliphatic rings. The zero-order valence-corrected chi connectivity index (χ0v) is 16.5. The van der Waals surface area contributed by atoms with Crippen LogP contribution in [0, 0.1) is 5.82 Å². The molecule has 10 heteroatoms. The predicted octanol–water partition coefficient (Wildman–Crippen LogP) is 1.82. The Morgan fingerprint density at radius 3 is 2.74 bits per heavy atom. The number of aromatic nitrogens is 3. The number of hydrogen-bond donors (Lipinski definition) is 1. The topological polar surface area (TPSA) is 74.2 Å². The second-order valence-corrected chi connectivity index (χ2v) is 7.55. The lowest BCUT2D eigenvalue weighted by molar-refractivity contribution is -0.130. The zero-order valence-electron chi connectivity index (χ0n) is 15.0. The molecule has 0 radical (unpaired) electrons. The molecular weight excluding hydrogens is 393 g/mol. The average Bonchev–Trinajstić information content (AvgIpc) is 3.03. The van der Waals surface area contributed by atoms with Crippen molar-refractivity contribution in [3.05, 3.63) is 45.1 Å². The van der Waals surface area contributed by atoms with Crippen LogP contribution >= 0.6 is 23.4 Å². The maximum absolute atomic E-state index is 13.9. The lowest BCUT2D eigenvalue weighted by Crippen LogP contribution is -2.48. The van der Waals surface area contributed by atoms with Gasteiger partial charge in [-0.25, -0.2) is 14.3 Å². The lowest BCUT2D eigenvalue weighted by Gasteiger charge is -2.34. The van der Waals surface area contributed by atoms with Gasteiger partial charge in [-0.15, -0.1) is 5.10 Å². The third-order valence-electron chi connectivity index (χ3n) is 4.53. The highest BCUT2D eigenvalue weighted by atomic mass is 35.5. The fourth-order valence-corrected chi connectivity index (χ4v) is 4.11. The first kappa shape index (κ1) is 19.9. The van der Waals surface area contributed by atoms with E-state index in [9.17, 15) is 14.0 Å². The molecule has 1 aromatic carbocycles. The molecule has 0 aliphatic carbocycles. The summed E-state index contributed by atoms with van der Waals surface area (Å²) in [6, 6.07) is 4.68. The second-order valence-electron chi connectivity index (χ2n) is 6.20. The van der Waals surface area contributed by atoms with Crippen molar-refractivity contribution in [2.24, 2.45) is 0 Å². The van der Waals surface area contributed by atoms with E-state index in [1.165, 1.54) is 22.4 Å². The van der Waals surface area contributed by atoms with Crippen LogP contribution in [0.1, 0.15) is 12.5 Å². The Balaban J connectivity index is 1.50. The van der Waals surface area contributed by atoms with Gasteiger partial charge in [-0.1, -0.05) is 29.4 Å². The van der Waals surface area contributed by atoms with Gasteiger partial charge in [-0.2, -0.15) is 0 Å². The number of nitrogens with one attached hydrogen (secondary N) is 1. The minimum absolute atomic E-state index is 0.00155. The quantitative estimate of drug-likeness (QED) is 0.731. The summed E-state index contributed by atoms with van der Waals surface area (Å²) in [7, 11) is 0. The first-order chi connectivity index (χ1) is 13.0. The highest BCUT2D eigenvalue weighted by molar-refractivity contribution is 7.99. The zero-order chi connectivity index (χ0) is 19.4. The molecule has 1 aliphatic heterocycles. The summed E-state index contributed by atoms with van der Waals surface area (Å²) in [4.78, 5) is 27.8. The standard InChI is InChI=1S/C17H21ClFN5O2S/c1-2-24-16(26)20-21-17(24)27-11-15(25)23-8-6-22(7-9-23)10-12-13(18)4-3-5-14(12)19/h3-5H,2,6-11H2,1H3,(H,20,26).